The third kappa shape index (κ3) is 5.46. The second-order valence-corrected chi connectivity index (χ2v) is 14.5. The molecule has 202 valence electrons. The summed E-state index contributed by atoms with van der Waals surface area (Å²) in [7, 11) is -9.07. The van der Waals surface area contributed by atoms with Gasteiger partial charge in [-0.25, -0.2) is 22.0 Å². The molecule has 1 saturated carbocycles. The molecule has 37 heavy (non-hydrogen) atoms. The van der Waals surface area contributed by atoms with Gasteiger partial charge < -0.3 is 14.4 Å². The van der Waals surface area contributed by atoms with E-state index in [1.54, 1.807) is 25.1 Å². The van der Waals surface area contributed by atoms with Gasteiger partial charge in [-0.05, 0) is 90.0 Å². The zero-order chi connectivity index (χ0) is 27.4. The maximum atomic E-state index is 14.1. The molecule has 3 N–H and O–H groups in total. The van der Waals surface area contributed by atoms with Gasteiger partial charge in [0.25, 0.3) is 10.0 Å². The van der Waals surface area contributed by atoms with Crippen LogP contribution in [0.4, 0.5) is 5.69 Å². The van der Waals surface area contributed by atoms with Crippen molar-refractivity contribution in [3.63, 3.8) is 0 Å². The number of hydrogen-bond acceptors (Lipinski definition) is 7. The number of aliphatic hydroxyl groups is 1. The lowest BCUT2D eigenvalue weighted by Gasteiger charge is -2.40. The molecule has 2 aliphatic rings. The van der Waals surface area contributed by atoms with Crippen molar-refractivity contribution in [3.8, 4) is 0 Å². The van der Waals surface area contributed by atoms with E-state index in [-0.39, 0.29) is 15.5 Å². The number of nitrogens with zero attached hydrogens (tertiary/aromatic N) is 1. The Kier molecular flexibility index (Phi) is 7.09. The van der Waals surface area contributed by atoms with Gasteiger partial charge in [0.05, 0.1) is 27.4 Å². The van der Waals surface area contributed by atoms with E-state index in [0.29, 0.717) is 31.1 Å². The highest BCUT2D eigenvalue weighted by Gasteiger charge is 2.51. The lowest BCUT2D eigenvalue weighted by Crippen LogP contribution is -2.46. The van der Waals surface area contributed by atoms with Gasteiger partial charge in [-0.2, -0.15) is 0 Å². The molecule has 0 unspecified atom stereocenters. The standard InChI is InChI=1S/C25H35BN2O7S2/c1-23(2)24(3,4)35-26(34-23)18-10-12-20(13-11-18)37(32,33)28(19-14-16-25(5,29)17-15-19)21-8-6-7-9-22(21)36(27,30)31/h6-13,19,29H,14-17H2,1-5H3,(H2,27,30,31)/t19-,25+. The first kappa shape index (κ1) is 28.1. The second-order valence-electron chi connectivity index (χ2n) is 11.2. The van der Waals surface area contributed by atoms with Crippen LogP contribution in [0.15, 0.2) is 58.3 Å². The van der Waals surface area contributed by atoms with Crippen LogP contribution < -0.4 is 14.9 Å². The van der Waals surface area contributed by atoms with Gasteiger partial charge in [0.1, 0.15) is 4.90 Å². The van der Waals surface area contributed by atoms with Gasteiger partial charge in [0, 0.05) is 6.04 Å². The number of anilines is 1. The summed E-state index contributed by atoms with van der Waals surface area (Å²) in [6.07, 6.45) is 1.47. The van der Waals surface area contributed by atoms with E-state index >= 15 is 0 Å². The number of rotatable bonds is 6. The van der Waals surface area contributed by atoms with E-state index in [2.05, 4.69) is 0 Å². The molecule has 1 heterocycles. The molecule has 1 aliphatic carbocycles. The first-order valence-corrected chi connectivity index (χ1v) is 15.3. The molecule has 2 aromatic carbocycles. The lowest BCUT2D eigenvalue weighted by molar-refractivity contribution is 0.00578. The van der Waals surface area contributed by atoms with Gasteiger partial charge in [0.15, 0.2) is 0 Å². The van der Waals surface area contributed by atoms with E-state index < -0.39 is 50.0 Å². The van der Waals surface area contributed by atoms with Crippen molar-refractivity contribution < 1.29 is 31.3 Å². The molecule has 0 radical (unpaired) electrons. The summed E-state index contributed by atoms with van der Waals surface area (Å²) in [5, 5.41) is 15.9. The van der Waals surface area contributed by atoms with E-state index in [4.69, 9.17) is 14.4 Å². The number of benzene rings is 2. The van der Waals surface area contributed by atoms with E-state index in [1.807, 2.05) is 27.7 Å². The number of para-hydroxylation sites is 1. The highest BCUT2D eigenvalue weighted by molar-refractivity contribution is 7.93. The number of primary sulfonamides is 1. The summed E-state index contributed by atoms with van der Waals surface area (Å²) >= 11 is 0. The minimum Gasteiger partial charge on any atom is -0.399 e. The maximum Gasteiger partial charge on any atom is 0.494 e. The number of sulfonamides is 2. The van der Waals surface area contributed by atoms with Gasteiger partial charge in [0.2, 0.25) is 10.0 Å². The largest absolute Gasteiger partial charge is 0.494 e. The monoisotopic (exact) mass is 550 g/mol. The zero-order valence-electron chi connectivity index (χ0n) is 21.8. The Morgan fingerprint density at radius 3 is 1.92 bits per heavy atom. The van der Waals surface area contributed by atoms with Crippen LogP contribution in [0.2, 0.25) is 0 Å². The summed E-state index contributed by atoms with van der Waals surface area (Å²) in [4.78, 5) is -0.279. The van der Waals surface area contributed by atoms with E-state index in [1.165, 1.54) is 30.3 Å². The summed E-state index contributed by atoms with van der Waals surface area (Å²) < 4.78 is 66.2. The van der Waals surface area contributed by atoms with E-state index in [0.717, 1.165) is 4.31 Å². The molecule has 0 atom stereocenters. The molecule has 0 aromatic heterocycles. The molecular formula is C25H35BN2O7S2. The molecule has 2 aromatic rings. The summed E-state index contributed by atoms with van der Waals surface area (Å²) in [6, 6.07) is 11.5. The molecule has 12 heteroatoms. The topological polar surface area (TPSA) is 136 Å². The molecule has 9 nitrogen and oxygen atoms in total. The Hall–Kier alpha value is -1.96. The average molecular weight is 551 g/mol. The lowest BCUT2D eigenvalue weighted by atomic mass is 9.79. The molecule has 0 amide bonds. The molecule has 1 aliphatic heterocycles. The van der Waals surface area contributed by atoms with Gasteiger partial charge in [-0.3, -0.25) is 4.31 Å². The van der Waals surface area contributed by atoms with Crippen LogP contribution in [0.3, 0.4) is 0 Å². The highest BCUT2D eigenvalue weighted by atomic mass is 32.2. The maximum absolute atomic E-state index is 14.1. The SMILES string of the molecule is CC1(C)OB(c2ccc(S(=O)(=O)N(c3ccccc3S(N)(=O)=O)[C@H]3CC[C@@](C)(O)CC3)cc2)OC1(C)C. The van der Waals surface area contributed by atoms with Crippen molar-refractivity contribution in [2.75, 3.05) is 4.31 Å². The van der Waals surface area contributed by atoms with Crippen LogP contribution in [0, 0.1) is 0 Å². The average Bonchev–Trinajstić information content (AvgIpc) is 3.01. The van der Waals surface area contributed by atoms with Crippen molar-refractivity contribution in [2.24, 2.45) is 5.14 Å². The Bertz CT molecular complexity index is 1350. The molecule has 1 saturated heterocycles. The smallest absolute Gasteiger partial charge is 0.399 e. The van der Waals surface area contributed by atoms with Gasteiger partial charge in [-0.15, -0.1) is 0 Å². The first-order valence-electron chi connectivity index (χ1n) is 12.3. The van der Waals surface area contributed by atoms with Crippen molar-refractivity contribution in [3.05, 3.63) is 48.5 Å². The zero-order valence-corrected chi connectivity index (χ0v) is 23.5. The second kappa shape index (κ2) is 9.35. The van der Waals surface area contributed by atoms with Crippen molar-refractivity contribution in [1.29, 1.82) is 0 Å². The fourth-order valence-corrected chi connectivity index (χ4v) is 7.26. The minimum atomic E-state index is -4.21. The highest BCUT2D eigenvalue weighted by Crippen LogP contribution is 2.39. The van der Waals surface area contributed by atoms with Crippen LogP contribution >= 0.6 is 0 Å². The Labute approximate surface area is 220 Å². The summed E-state index contributed by atoms with van der Waals surface area (Å²) in [5.74, 6) is 0. The van der Waals surface area contributed by atoms with E-state index in [9.17, 15) is 21.9 Å². The number of nitrogens with two attached hydrogens (primary N) is 1. The molecular weight excluding hydrogens is 515 g/mol. The number of hydrogen-bond donors (Lipinski definition) is 2. The van der Waals surface area contributed by atoms with Crippen LogP contribution in [0.25, 0.3) is 0 Å². The van der Waals surface area contributed by atoms with Gasteiger partial charge in [-0.1, -0.05) is 24.3 Å². The van der Waals surface area contributed by atoms with Crippen LogP contribution in [-0.4, -0.2) is 51.9 Å². The Balaban J connectivity index is 1.74. The molecule has 2 fully saturated rings. The predicted octanol–water partition coefficient (Wildman–Crippen LogP) is 2.52. The molecule has 0 spiro atoms. The van der Waals surface area contributed by atoms with Gasteiger partial charge >= 0.3 is 7.12 Å². The van der Waals surface area contributed by atoms with Crippen LogP contribution in [0.1, 0.15) is 60.3 Å². The third-order valence-electron chi connectivity index (χ3n) is 7.74. The third-order valence-corrected chi connectivity index (χ3v) is 10.6. The minimum absolute atomic E-state index is 0.00526. The summed E-state index contributed by atoms with van der Waals surface area (Å²) in [5.41, 5.74) is -1.33. The fourth-order valence-electron chi connectivity index (χ4n) is 4.75. The van der Waals surface area contributed by atoms with Crippen molar-refractivity contribution >= 4 is 38.3 Å². The molecule has 4 rings (SSSR count). The fraction of sp³-hybridized carbons (Fsp3) is 0.520. The van der Waals surface area contributed by atoms with Crippen molar-refractivity contribution in [1.82, 2.24) is 0 Å². The first-order chi connectivity index (χ1) is 16.9. The van der Waals surface area contributed by atoms with Crippen LogP contribution in [-0.2, 0) is 29.4 Å². The predicted molar refractivity (Wildman–Crippen MR) is 143 cm³/mol. The van der Waals surface area contributed by atoms with Crippen molar-refractivity contribution in [2.45, 2.75) is 92.9 Å². The summed E-state index contributed by atoms with van der Waals surface area (Å²) in [6.45, 7) is 9.47. The molecule has 0 bridgehead atoms. The Morgan fingerprint density at radius 2 is 1.41 bits per heavy atom. The van der Waals surface area contributed by atoms with Crippen LogP contribution in [0.5, 0.6) is 0 Å². The quantitative estimate of drug-likeness (QED) is 0.528. The normalized spacial score (nSPS) is 25.7. The Morgan fingerprint density at radius 1 is 0.892 bits per heavy atom.